The lowest BCUT2D eigenvalue weighted by molar-refractivity contribution is 0.826. The summed E-state index contributed by atoms with van der Waals surface area (Å²) in [6.07, 6.45) is 11.2. The zero-order chi connectivity index (χ0) is 23.8. The van der Waals surface area contributed by atoms with Gasteiger partial charge in [-0.05, 0) is 88.7 Å². The van der Waals surface area contributed by atoms with Crippen LogP contribution in [-0.4, -0.2) is 0 Å². The van der Waals surface area contributed by atoms with Crippen molar-refractivity contribution < 1.29 is 0 Å². The summed E-state index contributed by atoms with van der Waals surface area (Å²) in [5.41, 5.74) is 24.6. The lowest BCUT2D eigenvalue weighted by atomic mass is 9.70. The largest absolute Gasteiger partial charge is 0.399 e. The fourth-order valence-electron chi connectivity index (χ4n) is 5.24. The number of hydrogen-bond donors (Lipinski definition) is 2. The van der Waals surface area contributed by atoms with Gasteiger partial charge < -0.3 is 11.5 Å². The second-order valence-corrected chi connectivity index (χ2v) is 9.17. The van der Waals surface area contributed by atoms with Crippen molar-refractivity contribution in [1.82, 2.24) is 0 Å². The Kier molecular flexibility index (Phi) is 5.59. The summed E-state index contributed by atoms with van der Waals surface area (Å²) in [6.45, 7) is 8.87. The van der Waals surface area contributed by atoms with Crippen LogP contribution in [0.1, 0.15) is 42.4 Å². The van der Waals surface area contributed by atoms with E-state index in [2.05, 4.69) is 93.3 Å². The van der Waals surface area contributed by atoms with Gasteiger partial charge in [0.1, 0.15) is 0 Å². The number of anilines is 2. The summed E-state index contributed by atoms with van der Waals surface area (Å²) >= 11 is 0. The molecule has 0 saturated heterocycles. The van der Waals surface area contributed by atoms with E-state index in [0.29, 0.717) is 0 Å². The highest BCUT2D eigenvalue weighted by Gasteiger charge is 2.32. The van der Waals surface area contributed by atoms with Crippen LogP contribution in [0.5, 0.6) is 0 Å². The van der Waals surface area contributed by atoms with Crippen LogP contribution in [0.15, 0.2) is 120 Å². The molecule has 0 aliphatic heterocycles. The molecule has 34 heavy (non-hydrogen) atoms. The minimum atomic E-state index is 0.140. The highest BCUT2D eigenvalue weighted by Crippen LogP contribution is 2.49. The van der Waals surface area contributed by atoms with Crippen LogP contribution in [0.2, 0.25) is 0 Å². The maximum Gasteiger partial charge on any atom is 0.0314 e. The molecule has 2 nitrogen and oxygen atoms in total. The van der Waals surface area contributed by atoms with Gasteiger partial charge in [-0.3, -0.25) is 0 Å². The second-order valence-electron chi connectivity index (χ2n) is 9.17. The molecular weight excluding hydrogens is 412 g/mol. The van der Waals surface area contributed by atoms with E-state index in [0.717, 1.165) is 22.5 Å². The quantitative estimate of drug-likeness (QED) is 0.407. The molecule has 2 heteroatoms. The van der Waals surface area contributed by atoms with Crippen LogP contribution >= 0.6 is 0 Å². The maximum absolute atomic E-state index is 5.96. The van der Waals surface area contributed by atoms with E-state index in [1.165, 1.54) is 39.0 Å². The van der Waals surface area contributed by atoms with E-state index >= 15 is 0 Å². The van der Waals surface area contributed by atoms with Crippen LogP contribution in [0, 0.1) is 0 Å². The Bertz CT molecular complexity index is 1380. The van der Waals surface area contributed by atoms with Crippen molar-refractivity contribution in [2.75, 3.05) is 11.5 Å². The van der Waals surface area contributed by atoms with Crippen LogP contribution in [0.4, 0.5) is 11.4 Å². The third-order valence-electron chi connectivity index (χ3n) is 6.98. The van der Waals surface area contributed by atoms with E-state index in [1.54, 1.807) is 0 Å². The molecule has 5 rings (SSSR count). The van der Waals surface area contributed by atoms with E-state index in [-0.39, 0.29) is 11.8 Å². The van der Waals surface area contributed by atoms with Crippen molar-refractivity contribution in [1.29, 1.82) is 0 Å². The summed E-state index contributed by atoms with van der Waals surface area (Å²) < 4.78 is 0. The zero-order valence-corrected chi connectivity index (χ0v) is 19.8. The molecule has 0 spiro atoms. The van der Waals surface area contributed by atoms with Gasteiger partial charge in [0.2, 0.25) is 0 Å². The van der Waals surface area contributed by atoms with E-state index < -0.39 is 0 Å². The number of nitrogen functional groups attached to an aromatic ring is 2. The van der Waals surface area contributed by atoms with Gasteiger partial charge in [-0.25, -0.2) is 0 Å². The van der Waals surface area contributed by atoms with Gasteiger partial charge in [0, 0.05) is 23.2 Å². The zero-order valence-electron chi connectivity index (χ0n) is 19.8. The van der Waals surface area contributed by atoms with Gasteiger partial charge >= 0.3 is 0 Å². The first-order valence-corrected chi connectivity index (χ1v) is 11.7. The van der Waals surface area contributed by atoms with Crippen molar-refractivity contribution in [3.8, 4) is 11.1 Å². The molecule has 0 aromatic heterocycles. The predicted octanol–water partition coefficient (Wildman–Crippen LogP) is 7.80. The van der Waals surface area contributed by atoms with Crippen molar-refractivity contribution in [3.05, 3.63) is 137 Å². The van der Waals surface area contributed by atoms with Crippen LogP contribution in [0.25, 0.3) is 16.7 Å². The molecule has 3 aromatic carbocycles. The van der Waals surface area contributed by atoms with Gasteiger partial charge in [0.05, 0.1) is 0 Å². The minimum Gasteiger partial charge on any atom is -0.399 e. The van der Waals surface area contributed by atoms with Crippen LogP contribution in [0.3, 0.4) is 0 Å². The van der Waals surface area contributed by atoms with E-state index in [9.17, 15) is 0 Å². The Hall–Kier alpha value is -4.04. The summed E-state index contributed by atoms with van der Waals surface area (Å²) in [5, 5.41) is 0. The smallest absolute Gasteiger partial charge is 0.0314 e. The first kappa shape index (κ1) is 21.8. The number of hydrogen-bond acceptors (Lipinski definition) is 2. The highest BCUT2D eigenvalue weighted by atomic mass is 14.5. The summed E-state index contributed by atoms with van der Waals surface area (Å²) in [5.74, 6) is 0.299. The lowest BCUT2D eigenvalue weighted by Gasteiger charge is -2.34. The maximum atomic E-state index is 5.96. The summed E-state index contributed by atoms with van der Waals surface area (Å²) in [6, 6.07) is 23.1. The third kappa shape index (κ3) is 3.82. The number of benzene rings is 3. The average Bonchev–Trinajstić information content (AvgIpc) is 2.92. The van der Waals surface area contributed by atoms with Crippen LogP contribution < -0.4 is 11.5 Å². The van der Waals surface area contributed by atoms with Gasteiger partial charge in [-0.15, -0.1) is 0 Å². The normalized spacial score (nSPS) is 20.5. The van der Waals surface area contributed by atoms with Gasteiger partial charge in [0.15, 0.2) is 0 Å². The van der Waals surface area contributed by atoms with Crippen molar-refractivity contribution in [3.63, 3.8) is 0 Å². The fourth-order valence-corrected chi connectivity index (χ4v) is 5.24. The number of fused-ring (bicyclic) bond motifs is 5. The molecule has 2 aliphatic rings. The number of rotatable bonds is 3. The third-order valence-corrected chi connectivity index (χ3v) is 6.98. The Balaban J connectivity index is 1.73. The van der Waals surface area contributed by atoms with E-state index in [4.69, 9.17) is 11.5 Å². The molecule has 3 aromatic rings. The topological polar surface area (TPSA) is 52.0 Å². The monoisotopic (exact) mass is 442 g/mol. The Morgan fingerprint density at radius 2 is 1.38 bits per heavy atom. The molecule has 4 N–H and O–H groups in total. The molecule has 168 valence electrons. The Morgan fingerprint density at radius 1 is 0.765 bits per heavy atom. The number of allylic oxidation sites excluding steroid dienone is 9. The Labute approximate surface area is 202 Å². The number of nitrogens with two attached hydrogens (primary N) is 2. The van der Waals surface area contributed by atoms with E-state index in [1.807, 2.05) is 24.3 Å². The molecule has 0 saturated carbocycles. The molecule has 2 atom stereocenters. The SMILES string of the molecule is C=C1/C=C\C(c2ccc(N)cc2)=CC2C(/C=C\C)=C(C)C1c1cc(-c3ccc(N)cc3)ccc12. The van der Waals surface area contributed by atoms with Gasteiger partial charge in [-0.2, -0.15) is 0 Å². The highest BCUT2D eigenvalue weighted by molar-refractivity contribution is 5.79. The molecule has 2 unspecified atom stereocenters. The van der Waals surface area contributed by atoms with Crippen molar-refractivity contribution >= 4 is 16.9 Å². The molecule has 0 fully saturated rings. The molecule has 0 amide bonds. The molecule has 0 radical (unpaired) electrons. The molecule has 2 aliphatic carbocycles. The van der Waals surface area contributed by atoms with Gasteiger partial charge in [-0.1, -0.05) is 78.9 Å². The average molecular weight is 443 g/mol. The Morgan fingerprint density at radius 3 is 2.03 bits per heavy atom. The molecule has 2 bridgehead atoms. The second kappa shape index (κ2) is 8.72. The predicted molar refractivity (Wildman–Crippen MR) is 146 cm³/mol. The van der Waals surface area contributed by atoms with Crippen molar-refractivity contribution in [2.45, 2.75) is 25.7 Å². The molecule has 0 heterocycles. The summed E-state index contributed by atoms with van der Waals surface area (Å²) in [4.78, 5) is 0. The summed E-state index contributed by atoms with van der Waals surface area (Å²) in [7, 11) is 0. The van der Waals surface area contributed by atoms with Crippen molar-refractivity contribution in [2.24, 2.45) is 0 Å². The van der Waals surface area contributed by atoms with Crippen LogP contribution in [-0.2, 0) is 0 Å². The minimum absolute atomic E-state index is 0.140. The molecular formula is C32H30N2. The lowest BCUT2D eigenvalue weighted by Crippen LogP contribution is -2.17. The fraction of sp³-hybridized carbons (Fsp3) is 0.125. The van der Waals surface area contributed by atoms with Gasteiger partial charge in [0.25, 0.3) is 0 Å². The standard InChI is InChI=1S/C32H30N2/c1-4-5-28-21(3)32-20(2)6-7-24(22-8-13-26(33)14-9-22)18-30(28)29-17-12-25(19-31(29)32)23-10-15-27(34)16-11-23/h4-19,30,32H,2,33-34H2,1,3H3/b5-4-,7-6-,24-18?. The first-order valence-electron chi connectivity index (χ1n) is 11.7. The first-order chi connectivity index (χ1) is 16.5.